The fourth-order valence-electron chi connectivity index (χ4n) is 2.47. The summed E-state index contributed by atoms with van der Waals surface area (Å²) in [4.78, 5) is 18.7. The van der Waals surface area contributed by atoms with Gasteiger partial charge in [0.1, 0.15) is 6.17 Å². The summed E-state index contributed by atoms with van der Waals surface area (Å²) in [6.07, 6.45) is 1.04. The highest BCUT2D eigenvalue weighted by atomic mass is 32.1. The van der Waals surface area contributed by atoms with Crippen molar-refractivity contribution >= 4 is 17.4 Å². The number of benzene rings is 1. The second kappa shape index (κ2) is 6.95. The van der Waals surface area contributed by atoms with Gasteiger partial charge < -0.3 is 10.0 Å². The van der Waals surface area contributed by atoms with Gasteiger partial charge in [0.25, 0.3) is 0 Å². The van der Waals surface area contributed by atoms with Gasteiger partial charge in [-0.25, -0.2) is 9.18 Å². The van der Waals surface area contributed by atoms with Gasteiger partial charge in [-0.15, -0.1) is 0 Å². The summed E-state index contributed by atoms with van der Waals surface area (Å²) in [5.41, 5.74) is 1.25. The van der Waals surface area contributed by atoms with Gasteiger partial charge in [0.05, 0.1) is 29.7 Å². The summed E-state index contributed by atoms with van der Waals surface area (Å²) in [5, 5.41) is 18.2. The number of hydrogen-bond donors (Lipinski definition) is 1. The van der Waals surface area contributed by atoms with E-state index in [0.29, 0.717) is 28.2 Å². The molecule has 6 nitrogen and oxygen atoms in total. The van der Waals surface area contributed by atoms with E-state index in [4.69, 9.17) is 5.26 Å². The first-order chi connectivity index (χ1) is 11.6. The van der Waals surface area contributed by atoms with Crippen LogP contribution in [0.3, 0.4) is 0 Å². The van der Waals surface area contributed by atoms with Crippen LogP contribution in [0, 0.1) is 11.3 Å². The molecular formula is C16H15FN4O2S. The molecular weight excluding hydrogens is 331 g/mol. The number of nitrogens with zero attached hydrogens (tertiary/aromatic N) is 4. The quantitative estimate of drug-likeness (QED) is 0.902. The van der Waals surface area contributed by atoms with Crippen LogP contribution in [0.25, 0.3) is 5.69 Å². The molecule has 2 amide bonds. The van der Waals surface area contributed by atoms with Crippen molar-refractivity contribution in [2.24, 2.45) is 4.99 Å². The molecule has 124 valence electrons. The average molecular weight is 346 g/mol. The van der Waals surface area contributed by atoms with Crippen molar-refractivity contribution in [3.63, 3.8) is 0 Å². The van der Waals surface area contributed by atoms with Gasteiger partial charge in [0.2, 0.25) is 0 Å². The molecule has 1 aromatic heterocycles. The van der Waals surface area contributed by atoms with E-state index in [0.717, 1.165) is 5.69 Å². The maximum Gasteiger partial charge on any atom is 0.346 e. The predicted octanol–water partition coefficient (Wildman–Crippen LogP) is 1.97. The molecule has 1 saturated heterocycles. The standard InChI is InChI=1S/C16H15FN4O2S/c17-12-5-6-20(8-12)15(23)19-16-21(9-14(10-22)24-16)13-3-1-11(7-18)2-4-13/h1-4,9,12,22H,5-6,8,10H2/b19-16-. The molecule has 24 heavy (non-hydrogen) atoms. The van der Waals surface area contributed by atoms with Crippen LogP contribution in [0.4, 0.5) is 9.18 Å². The van der Waals surface area contributed by atoms with Crippen LogP contribution in [0.5, 0.6) is 0 Å². The minimum Gasteiger partial charge on any atom is -0.391 e. The van der Waals surface area contributed by atoms with Crippen molar-refractivity contribution in [3.05, 3.63) is 45.7 Å². The first-order valence-corrected chi connectivity index (χ1v) is 8.23. The molecule has 1 aliphatic heterocycles. The molecule has 0 spiro atoms. The zero-order valence-electron chi connectivity index (χ0n) is 12.7. The summed E-state index contributed by atoms with van der Waals surface area (Å²) < 4.78 is 14.9. The van der Waals surface area contributed by atoms with Crippen LogP contribution in [0.1, 0.15) is 16.9 Å². The van der Waals surface area contributed by atoms with Crippen molar-refractivity contribution < 1.29 is 14.3 Å². The number of likely N-dealkylation sites (tertiary alicyclic amines) is 1. The van der Waals surface area contributed by atoms with Gasteiger partial charge in [-0.05, 0) is 30.7 Å². The number of thiazole rings is 1. The second-order valence-electron chi connectivity index (χ2n) is 5.39. The first kappa shape index (κ1) is 16.4. The number of amides is 2. The Hall–Kier alpha value is -2.50. The molecule has 1 atom stereocenters. The SMILES string of the molecule is N#Cc1ccc(-n2cc(CO)s/c2=N\C(=O)N2CCC(F)C2)cc1. The minimum atomic E-state index is -0.994. The molecule has 0 bridgehead atoms. The van der Waals surface area contributed by atoms with Gasteiger partial charge in [-0.3, -0.25) is 4.57 Å². The van der Waals surface area contributed by atoms with Gasteiger partial charge in [-0.2, -0.15) is 10.3 Å². The van der Waals surface area contributed by atoms with E-state index >= 15 is 0 Å². The Labute approximate surface area is 141 Å². The number of carbonyl (C=O) groups excluding carboxylic acids is 1. The molecule has 0 saturated carbocycles. The van der Waals surface area contributed by atoms with Gasteiger partial charge >= 0.3 is 6.03 Å². The maximum absolute atomic E-state index is 13.2. The summed E-state index contributed by atoms with van der Waals surface area (Å²) in [6, 6.07) is 8.37. The lowest BCUT2D eigenvalue weighted by Crippen LogP contribution is -2.28. The number of alkyl halides is 1. The van der Waals surface area contributed by atoms with Crippen molar-refractivity contribution in [1.29, 1.82) is 5.26 Å². The highest BCUT2D eigenvalue weighted by Crippen LogP contribution is 2.15. The number of hydrogen-bond acceptors (Lipinski definition) is 4. The smallest absolute Gasteiger partial charge is 0.346 e. The van der Waals surface area contributed by atoms with Crippen LogP contribution < -0.4 is 4.80 Å². The summed E-state index contributed by atoms with van der Waals surface area (Å²) >= 11 is 1.19. The number of urea groups is 1. The van der Waals surface area contributed by atoms with Crippen LogP contribution in [0.15, 0.2) is 35.5 Å². The molecule has 2 aromatic rings. The number of aromatic nitrogens is 1. The van der Waals surface area contributed by atoms with Crippen LogP contribution in [-0.4, -0.2) is 39.9 Å². The molecule has 3 rings (SSSR count). The topological polar surface area (TPSA) is 81.6 Å². The molecule has 1 fully saturated rings. The lowest BCUT2D eigenvalue weighted by atomic mass is 10.2. The summed E-state index contributed by atoms with van der Waals surface area (Å²) in [6.45, 7) is 0.261. The summed E-state index contributed by atoms with van der Waals surface area (Å²) in [7, 11) is 0. The average Bonchev–Trinajstić information content (AvgIpc) is 3.21. The van der Waals surface area contributed by atoms with E-state index in [1.165, 1.54) is 16.2 Å². The third kappa shape index (κ3) is 3.37. The number of aliphatic hydroxyl groups is 1. The molecule has 0 radical (unpaired) electrons. The molecule has 1 aliphatic rings. The highest BCUT2D eigenvalue weighted by molar-refractivity contribution is 7.09. The Morgan fingerprint density at radius 3 is 2.79 bits per heavy atom. The van der Waals surface area contributed by atoms with Gasteiger partial charge in [-0.1, -0.05) is 11.3 Å². The second-order valence-corrected chi connectivity index (χ2v) is 6.49. The highest BCUT2D eigenvalue weighted by Gasteiger charge is 2.25. The van der Waals surface area contributed by atoms with Crippen molar-refractivity contribution in [2.45, 2.75) is 19.2 Å². The van der Waals surface area contributed by atoms with E-state index in [-0.39, 0.29) is 13.2 Å². The number of halogens is 1. The summed E-state index contributed by atoms with van der Waals surface area (Å²) in [5.74, 6) is 0. The van der Waals surface area contributed by atoms with E-state index in [2.05, 4.69) is 4.99 Å². The number of aliphatic hydroxyl groups excluding tert-OH is 1. The lowest BCUT2D eigenvalue weighted by molar-refractivity contribution is 0.213. The van der Waals surface area contributed by atoms with E-state index in [1.807, 2.05) is 6.07 Å². The maximum atomic E-state index is 13.2. The largest absolute Gasteiger partial charge is 0.391 e. The minimum absolute atomic E-state index is 0.0669. The van der Waals surface area contributed by atoms with Crippen molar-refractivity contribution in [2.75, 3.05) is 13.1 Å². The monoisotopic (exact) mass is 346 g/mol. The lowest BCUT2D eigenvalue weighted by Gasteiger charge is -2.10. The van der Waals surface area contributed by atoms with Crippen molar-refractivity contribution in [1.82, 2.24) is 9.47 Å². The number of nitriles is 1. The Kier molecular flexibility index (Phi) is 4.74. The fourth-order valence-corrected chi connectivity index (χ4v) is 3.30. The molecule has 1 unspecified atom stereocenters. The molecule has 8 heteroatoms. The normalized spacial score (nSPS) is 18.0. The van der Waals surface area contributed by atoms with Crippen LogP contribution in [0.2, 0.25) is 0 Å². The van der Waals surface area contributed by atoms with Gasteiger partial charge in [0, 0.05) is 18.4 Å². The molecule has 1 N–H and O–H groups in total. The Morgan fingerprint density at radius 1 is 1.46 bits per heavy atom. The van der Waals surface area contributed by atoms with E-state index in [9.17, 15) is 14.3 Å². The molecule has 0 aliphatic carbocycles. The van der Waals surface area contributed by atoms with E-state index in [1.54, 1.807) is 35.0 Å². The Morgan fingerprint density at radius 2 is 2.21 bits per heavy atom. The Bertz CT molecular complexity index is 850. The van der Waals surface area contributed by atoms with Crippen molar-refractivity contribution in [3.8, 4) is 11.8 Å². The predicted molar refractivity (Wildman–Crippen MR) is 86.3 cm³/mol. The van der Waals surface area contributed by atoms with Crippen LogP contribution >= 0.6 is 11.3 Å². The zero-order valence-corrected chi connectivity index (χ0v) is 13.5. The third-order valence-electron chi connectivity index (χ3n) is 3.72. The van der Waals surface area contributed by atoms with E-state index < -0.39 is 12.2 Å². The molecule has 1 aromatic carbocycles. The third-order valence-corrected chi connectivity index (χ3v) is 4.69. The zero-order chi connectivity index (χ0) is 17.1. The fraction of sp³-hybridized carbons (Fsp3) is 0.312. The van der Waals surface area contributed by atoms with Crippen LogP contribution in [-0.2, 0) is 6.61 Å². The Balaban J connectivity index is 1.98. The molecule has 2 heterocycles. The number of carbonyl (C=O) groups is 1. The van der Waals surface area contributed by atoms with Gasteiger partial charge in [0.15, 0.2) is 4.80 Å². The first-order valence-electron chi connectivity index (χ1n) is 7.41. The number of rotatable bonds is 2.